The number of halogens is 1. The standard InChI is InChI=1S/C27H34FO4P/c1-5-30-33(29,31-6-2)32-17-9-7-8-10-24-21(4)26(18-22-13-11-20(3)12-14-22)25-16-15-23(28)19-27(24)25/h11-16,18-19H,5-10,17H2,1-4H3/b26-18-. The highest BCUT2D eigenvalue weighted by atomic mass is 31.2. The monoisotopic (exact) mass is 472 g/mol. The second-order valence-electron chi connectivity index (χ2n) is 8.19. The zero-order valence-electron chi connectivity index (χ0n) is 20.0. The van der Waals surface area contributed by atoms with Crippen LogP contribution in [0.4, 0.5) is 4.39 Å². The van der Waals surface area contributed by atoms with Crippen LogP contribution in [0.25, 0.3) is 17.2 Å². The van der Waals surface area contributed by atoms with E-state index in [2.05, 4.69) is 44.2 Å². The van der Waals surface area contributed by atoms with Crippen molar-refractivity contribution in [3.05, 3.63) is 76.1 Å². The van der Waals surface area contributed by atoms with Crippen molar-refractivity contribution < 1.29 is 22.5 Å². The van der Waals surface area contributed by atoms with Crippen LogP contribution in [0.3, 0.4) is 0 Å². The molecule has 0 N–H and O–H groups in total. The molecule has 0 spiro atoms. The van der Waals surface area contributed by atoms with E-state index in [-0.39, 0.29) is 19.0 Å². The lowest BCUT2D eigenvalue weighted by Gasteiger charge is -2.16. The highest BCUT2D eigenvalue weighted by Gasteiger charge is 2.25. The molecule has 2 aromatic carbocycles. The topological polar surface area (TPSA) is 44.8 Å². The summed E-state index contributed by atoms with van der Waals surface area (Å²) >= 11 is 0. The zero-order chi connectivity index (χ0) is 23.8. The molecule has 2 aromatic rings. The number of fused-ring (bicyclic) bond motifs is 1. The summed E-state index contributed by atoms with van der Waals surface area (Å²) in [5.74, 6) is -0.216. The molecule has 178 valence electrons. The fourth-order valence-electron chi connectivity index (χ4n) is 4.09. The normalized spacial score (nSPS) is 14.9. The third-order valence-electron chi connectivity index (χ3n) is 5.74. The largest absolute Gasteiger partial charge is 0.474 e. The van der Waals surface area contributed by atoms with Crippen LogP contribution in [-0.2, 0) is 18.1 Å². The van der Waals surface area contributed by atoms with E-state index in [1.807, 2.05) is 6.07 Å². The van der Waals surface area contributed by atoms with Gasteiger partial charge in [-0.25, -0.2) is 8.96 Å². The van der Waals surface area contributed by atoms with Gasteiger partial charge in [-0.05, 0) is 98.6 Å². The van der Waals surface area contributed by atoms with Gasteiger partial charge in [-0.3, -0.25) is 13.6 Å². The Morgan fingerprint density at radius 3 is 2.24 bits per heavy atom. The molecule has 0 aliphatic heterocycles. The molecule has 6 heteroatoms. The number of hydrogen-bond donors (Lipinski definition) is 0. The maximum atomic E-state index is 14.1. The van der Waals surface area contributed by atoms with Crippen molar-refractivity contribution in [2.24, 2.45) is 0 Å². The lowest BCUT2D eigenvalue weighted by atomic mass is 9.99. The number of benzene rings is 2. The molecule has 3 rings (SSSR count). The summed E-state index contributed by atoms with van der Waals surface area (Å²) in [4.78, 5) is 0. The van der Waals surface area contributed by atoms with Gasteiger partial charge in [0.15, 0.2) is 0 Å². The third kappa shape index (κ3) is 6.74. The third-order valence-corrected chi connectivity index (χ3v) is 7.38. The summed E-state index contributed by atoms with van der Waals surface area (Å²) in [6.45, 7) is 8.59. The predicted octanol–water partition coefficient (Wildman–Crippen LogP) is 8.22. The average Bonchev–Trinajstić information content (AvgIpc) is 3.03. The van der Waals surface area contributed by atoms with Crippen LogP contribution in [-0.4, -0.2) is 19.8 Å². The van der Waals surface area contributed by atoms with Gasteiger partial charge in [0.2, 0.25) is 0 Å². The Balaban J connectivity index is 1.66. The van der Waals surface area contributed by atoms with E-state index in [4.69, 9.17) is 13.6 Å². The van der Waals surface area contributed by atoms with Crippen molar-refractivity contribution in [3.8, 4) is 0 Å². The van der Waals surface area contributed by atoms with Crippen LogP contribution >= 0.6 is 7.82 Å². The Morgan fingerprint density at radius 1 is 0.879 bits per heavy atom. The molecular formula is C27H34FO4P. The van der Waals surface area contributed by atoms with Crippen LogP contribution in [0.5, 0.6) is 0 Å². The van der Waals surface area contributed by atoms with E-state index in [1.54, 1.807) is 19.9 Å². The first-order valence-corrected chi connectivity index (χ1v) is 13.2. The quantitative estimate of drug-likeness (QED) is 0.231. The number of aryl methyl sites for hydroxylation is 1. The van der Waals surface area contributed by atoms with Gasteiger partial charge >= 0.3 is 7.82 Å². The lowest BCUT2D eigenvalue weighted by molar-refractivity contribution is 0.120. The molecule has 1 aliphatic rings. The SMILES string of the molecule is CCOP(=O)(OCC)OCCCCCC1=C(C)/C(=C/c2ccc(C)cc2)c2ccc(F)cc21. The van der Waals surface area contributed by atoms with Gasteiger partial charge < -0.3 is 0 Å². The first-order valence-electron chi connectivity index (χ1n) is 11.7. The zero-order valence-corrected chi connectivity index (χ0v) is 20.9. The predicted molar refractivity (Wildman–Crippen MR) is 133 cm³/mol. The van der Waals surface area contributed by atoms with E-state index in [0.29, 0.717) is 6.61 Å². The minimum absolute atomic E-state index is 0.216. The van der Waals surface area contributed by atoms with Crippen LogP contribution in [0, 0.1) is 12.7 Å². The Kier molecular flexibility index (Phi) is 9.22. The summed E-state index contributed by atoms with van der Waals surface area (Å²) in [6, 6.07) is 13.5. The van der Waals surface area contributed by atoms with E-state index >= 15 is 0 Å². The summed E-state index contributed by atoms with van der Waals surface area (Å²) < 4.78 is 42.1. The van der Waals surface area contributed by atoms with Gasteiger partial charge in [-0.2, -0.15) is 0 Å². The van der Waals surface area contributed by atoms with Crippen LogP contribution < -0.4 is 0 Å². The molecule has 0 unspecified atom stereocenters. The number of unbranched alkanes of at least 4 members (excludes halogenated alkanes) is 2. The van der Waals surface area contributed by atoms with E-state index < -0.39 is 7.82 Å². The van der Waals surface area contributed by atoms with E-state index in [1.165, 1.54) is 22.8 Å². The number of phosphoric ester groups is 1. The number of hydrogen-bond acceptors (Lipinski definition) is 4. The van der Waals surface area contributed by atoms with Crippen molar-refractivity contribution in [2.75, 3.05) is 19.8 Å². The Hall–Kier alpha value is -2.04. The van der Waals surface area contributed by atoms with Gasteiger partial charge in [-0.1, -0.05) is 42.3 Å². The minimum atomic E-state index is -3.45. The van der Waals surface area contributed by atoms with Crippen molar-refractivity contribution in [2.45, 2.75) is 53.4 Å². The van der Waals surface area contributed by atoms with Crippen LogP contribution in [0.1, 0.15) is 68.7 Å². The Morgan fingerprint density at radius 2 is 1.58 bits per heavy atom. The number of phosphoric acid groups is 1. The van der Waals surface area contributed by atoms with Gasteiger partial charge in [0.05, 0.1) is 19.8 Å². The van der Waals surface area contributed by atoms with Gasteiger partial charge in [0, 0.05) is 0 Å². The highest BCUT2D eigenvalue weighted by molar-refractivity contribution is 7.48. The smallest absolute Gasteiger partial charge is 0.287 e. The molecule has 0 saturated carbocycles. The molecule has 1 aliphatic carbocycles. The minimum Gasteiger partial charge on any atom is -0.287 e. The Labute approximate surface area is 197 Å². The van der Waals surface area contributed by atoms with Crippen molar-refractivity contribution in [1.29, 1.82) is 0 Å². The summed E-state index contributed by atoms with van der Waals surface area (Å²) in [6.07, 6.45) is 5.61. The molecular weight excluding hydrogens is 438 g/mol. The van der Waals surface area contributed by atoms with Crippen LogP contribution in [0.2, 0.25) is 0 Å². The molecule has 4 nitrogen and oxygen atoms in total. The van der Waals surface area contributed by atoms with Crippen LogP contribution in [0.15, 0.2) is 48.0 Å². The first kappa shape index (κ1) is 25.6. The molecule has 0 aromatic heterocycles. The molecule has 0 amide bonds. The van der Waals surface area contributed by atoms with Gasteiger partial charge in [0.1, 0.15) is 5.82 Å². The summed E-state index contributed by atoms with van der Waals surface area (Å²) in [5, 5.41) is 0. The van der Waals surface area contributed by atoms with E-state index in [0.717, 1.165) is 47.9 Å². The summed E-state index contributed by atoms with van der Waals surface area (Å²) in [5.41, 5.74) is 7.98. The highest BCUT2D eigenvalue weighted by Crippen LogP contribution is 2.49. The molecule has 0 atom stereocenters. The lowest BCUT2D eigenvalue weighted by Crippen LogP contribution is -2.01. The molecule has 0 bridgehead atoms. The first-order chi connectivity index (χ1) is 15.9. The van der Waals surface area contributed by atoms with E-state index in [9.17, 15) is 8.96 Å². The molecule has 0 radical (unpaired) electrons. The number of rotatable bonds is 12. The molecule has 0 saturated heterocycles. The number of allylic oxidation sites excluding steroid dienone is 3. The van der Waals surface area contributed by atoms with Crippen molar-refractivity contribution >= 4 is 25.0 Å². The van der Waals surface area contributed by atoms with Crippen molar-refractivity contribution in [1.82, 2.24) is 0 Å². The van der Waals surface area contributed by atoms with Crippen molar-refractivity contribution in [3.63, 3.8) is 0 Å². The maximum absolute atomic E-state index is 14.1. The maximum Gasteiger partial charge on any atom is 0.474 e. The fourth-order valence-corrected chi connectivity index (χ4v) is 5.30. The molecule has 0 fully saturated rings. The fraction of sp³-hybridized carbons (Fsp3) is 0.407. The second kappa shape index (κ2) is 11.9. The average molecular weight is 473 g/mol. The molecule has 33 heavy (non-hydrogen) atoms. The van der Waals surface area contributed by atoms with Gasteiger partial charge in [-0.15, -0.1) is 0 Å². The summed E-state index contributed by atoms with van der Waals surface area (Å²) in [7, 11) is -3.45. The second-order valence-corrected chi connectivity index (χ2v) is 9.86. The molecule has 0 heterocycles. The van der Waals surface area contributed by atoms with Gasteiger partial charge in [0.25, 0.3) is 0 Å². The Bertz CT molecular complexity index is 1050.